The van der Waals surface area contributed by atoms with Crippen LogP contribution >= 0.6 is 11.3 Å². The van der Waals surface area contributed by atoms with Crippen LogP contribution in [0.1, 0.15) is 0 Å². The zero-order valence-corrected chi connectivity index (χ0v) is 27.0. The lowest BCUT2D eigenvalue weighted by molar-refractivity contribution is 1.01. The molecule has 4 nitrogen and oxygen atoms in total. The second-order valence-corrected chi connectivity index (χ2v) is 13.6. The molecule has 0 aliphatic rings. The van der Waals surface area contributed by atoms with Gasteiger partial charge < -0.3 is 4.57 Å². The first-order valence-electron chi connectivity index (χ1n) is 16.5. The van der Waals surface area contributed by atoms with Crippen LogP contribution in [-0.2, 0) is 0 Å². The van der Waals surface area contributed by atoms with Crippen LogP contribution in [0.4, 0.5) is 0 Å². The summed E-state index contributed by atoms with van der Waals surface area (Å²) in [5, 5.41) is 8.43. The Morgan fingerprint density at radius 1 is 0.449 bits per heavy atom. The molecule has 11 rings (SSSR count). The van der Waals surface area contributed by atoms with Gasteiger partial charge in [-0.2, -0.15) is 0 Å². The van der Waals surface area contributed by atoms with Gasteiger partial charge in [0.05, 0.1) is 26.8 Å². The van der Waals surface area contributed by atoms with E-state index < -0.39 is 0 Å². The quantitative estimate of drug-likeness (QED) is 0.192. The molecule has 0 N–H and O–H groups in total. The second-order valence-electron chi connectivity index (χ2n) is 12.6. The van der Waals surface area contributed by atoms with Gasteiger partial charge in [0.15, 0.2) is 0 Å². The molecule has 0 unspecified atom stereocenters. The molecule has 228 valence electrons. The summed E-state index contributed by atoms with van der Waals surface area (Å²) in [6.45, 7) is 0. The van der Waals surface area contributed by atoms with Crippen LogP contribution in [0.5, 0.6) is 0 Å². The van der Waals surface area contributed by atoms with E-state index in [1.54, 1.807) is 0 Å². The van der Waals surface area contributed by atoms with Crippen molar-refractivity contribution in [2.75, 3.05) is 0 Å². The molecule has 4 heterocycles. The largest absolute Gasteiger partial charge is 0.306 e. The average Bonchev–Trinajstić information content (AvgIpc) is 3.83. The topological polar surface area (TPSA) is 35.6 Å². The minimum absolute atomic E-state index is 0.669. The molecule has 0 bridgehead atoms. The minimum Gasteiger partial charge on any atom is -0.306 e. The number of fused-ring (bicyclic) bond motifs is 12. The molecule has 4 aromatic heterocycles. The van der Waals surface area contributed by atoms with E-state index in [-0.39, 0.29) is 0 Å². The van der Waals surface area contributed by atoms with Crippen LogP contribution in [0.2, 0.25) is 0 Å². The van der Waals surface area contributed by atoms with Crippen LogP contribution in [0.3, 0.4) is 0 Å². The molecule has 0 radical (unpaired) electrons. The standard InChI is InChI=1S/C44H26N4S/c1-3-14-28(15-4-1)39-42-40(38-30-18-8-7-13-27(30)23-26-36(38)47(42)29-16-5-2-6-17-29)46-44(45-39)48-35-21-11-9-19-31(35)33-24-25-34-32-20-10-12-22-37(32)49-43(34)41(33)48/h1-26H. The summed E-state index contributed by atoms with van der Waals surface area (Å²) >= 11 is 1.84. The number of rotatable bonds is 3. The van der Waals surface area contributed by atoms with E-state index in [4.69, 9.17) is 9.97 Å². The van der Waals surface area contributed by atoms with Gasteiger partial charge in [0.2, 0.25) is 5.95 Å². The lowest BCUT2D eigenvalue weighted by Gasteiger charge is -2.13. The van der Waals surface area contributed by atoms with Gasteiger partial charge in [-0.3, -0.25) is 4.57 Å². The van der Waals surface area contributed by atoms with Crippen LogP contribution in [0.15, 0.2) is 158 Å². The van der Waals surface area contributed by atoms with Gasteiger partial charge in [0.1, 0.15) is 11.2 Å². The van der Waals surface area contributed by atoms with Crippen LogP contribution in [-0.4, -0.2) is 19.1 Å². The SMILES string of the molecule is c1ccc(-c2nc(-n3c4ccccc4c4ccc5c6ccccc6sc5c43)nc3c4c5ccccc5ccc4n(-c4ccccc4)c23)cc1. The van der Waals surface area contributed by atoms with Gasteiger partial charge >= 0.3 is 0 Å². The van der Waals surface area contributed by atoms with Crippen molar-refractivity contribution in [1.82, 2.24) is 19.1 Å². The lowest BCUT2D eigenvalue weighted by Crippen LogP contribution is -2.05. The normalized spacial score (nSPS) is 12.1. The summed E-state index contributed by atoms with van der Waals surface area (Å²) in [6.07, 6.45) is 0. The molecule has 49 heavy (non-hydrogen) atoms. The van der Waals surface area contributed by atoms with Gasteiger partial charge in [0, 0.05) is 42.9 Å². The van der Waals surface area contributed by atoms with Gasteiger partial charge in [-0.1, -0.05) is 127 Å². The number of para-hydroxylation sites is 2. The Morgan fingerprint density at radius 3 is 2.00 bits per heavy atom. The molecule has 11 aromatic rings. The summed E-state index contributed by atoms with van der Waals surface area (Å²) in [7, 11) is 0. The maximum Gasteiger partial charge on any atom is 0.235 e. The third-order valence-corrected chi connectivity index (χ3v) is 11.1. The van der Waals surface area contributed by atoms with Gasteiger partial charge in [0.25, 0.3) is 0 Å². The van der Waals surface area contributed by atoms with E-state index in [0.717, 1.165) is 49.9 Å². The summed E-state index contributed by atoms with van der Waals surface area (Å²) < 4.78 is 7.18. The molecule has 5 heteroatoms. The Labute approximate surface area is 284 Å². The van der Waals surface area contributed by atoms with Crippen LogP contribution in [0, 0.1) is 0 Å². The fraction of sp³-hybridized carbons (Fsp3) is 0. The van der Waals surface area contributed by atoms with Crippen molar-refractivity contribution in [2.45, 2.75) is 0 Å². The molecule has 0 aliphatic carbocycles. The zero-order chi connectivity index (χ0) is 32.1. The number of hydrogen-bond acceptors (Lipinski definition) is 3. The Balaban J connectivity index is 1.38. The molecule has 0 spiro atoms. The fourth-order valence-corrected chi connectivity index (χ4v) is 9.07. The molecular formula is C44H26N4S. The van der Waals surface area contributed by atoms with Crippen molar-refractivity contribution in [3.05, 3.63) is 158 Å². The Morgan fingerprint density at radius 2 is 1.14 bits per heavy atom. The van der Waals surface area contributed by atoms with E-state index in [2.05, 4.69) is 167 Å². The molecule has 0 fully saturated rings. The Hall–Kier alpha value is -6.30. The number of nitrogens with zero attached hydrogens (tertiary/aromatic N) is 4. The number of aromatic nitrogens is 4. The monoisotopic (exact) mass is 642 g/mol. The van der Waals surface area contributed by atoms with E-state index in [9.17, 15) is 0 Å². The molecule has 0 atom stereocenters. The second kappa shape index (κ2) is 10.1. The summed E-state index contributed by atoms with van der Waals surface area (Å²) in [5.41, 5.74) is 8.32. The van der Waals surface area contributed by atoms with Gasteiger partial charge in [-0.05, 0) is 41.1 Å². The first-order valence-corrected chi connectivity index (χ1v) is 17.3. The average molecular weight is 643 g/mol. The predicted octanol–water partition coefficient (Wildman–Crippen LogP) is 11.9. The van der Waals surface area contributed by atoms with Gasteiger partial charge in [-0.25, -0.2) is 9.97 Å². The number of benzene rings is 7. The maximum atomic E-state index is 5.62. The van der Waals surface area contributed by atoms with Crippen molar-refractivity contribution in [3.63, 3.8) is 0 Å². The summed E-state index contributed by atoms with van der Waals surface area (Å²) in [5.74, 6) is 0.669. The van der Waals surface area contributed by atoms with Crippen molar-refractivity contribution in [3.8, 4) is 22.9 Å². The highest BCUT2D eigenvalue weighted by Gasteiger charge is 2.25. The Kier molecular flexibility index (Phi) is 5.51. The third kappa shape index (κ3) is 3.73. The maximum absolute atomic E-state index is 5.62. The van der Waals surface area contributed by atoms with Gasteiger partial charge in [-0.15, -0.1) is 11.3 Å². The highest BCUT2D eigenvalue weighted by atomic mass is 32.1. The molecule has 0 saturated carbocycles. The van der Waals surface area contributed by atoms with Crippen molar-refractivity contribution in [2.24, 2.45) is 0 Å². The minimum atomic E-state index is 0.669. The van der Waals surface area contributed by atoms with Crippen LogP contribution in [0.25, 0.3) is 97.6 Å². The van der Waals surface area contributed by atoms with Crippen molar-refractivity contribution < 1.29 is 0 Å². The number of hydrogen-bond donors (Lipinski definition) is 0. The number of thiophene rings is 1. The molecular weight excluding hydrogens is 617 g/mol. The molecule has 7 aromatic carbocycles. The van der Waals surface area contributed by atoms with Crippen molar-refractivity contribution >= 4 is 86.0 Å². The zero-order valence-electron chi connectivity index (χ0n) is 26.2. The Bertz CT molecular complexity index is 3100. The van der Waals surface area contributed by atoms with Crippen LogP contribution < -0.4 is 0 Å². The van der Waals surface area contributed by atoms with E-state index >= 15 is 0 Å². The highest BCUT2D eigenvalue weighted by molar-refractivity contribution is 7.26. The molecule has 0 aliphatic heterocycles. The van der Waals surface area contributed by atoms with E-state index in [1.807, 2.05) is 11.3 Å². The predicted molar refractivity (Wildman–Crippen MR) is 207 cm³/mol. The van der Waals surface area contributed by atoms with E-state index in [1.165, 1.54) is 41.7 Å². The molecule has 0 saturated heterocycles. The first-order chi connectivity index (χ1) is 24.3. The smallest absolute Gasteiger partial charge is 0.235 e. The fourth-order valence-electron chi connectivity index (χ4n) is 7.83. The van der Waals surface area contributed by atoms with E-state index in [0.29, 0.717) is 5.95 Å². The summed E-state index contributed by atoms with van der Waals surface area (Å²) in [4.78, 5) is 11.2. The highest BCUT2D eigenvalue weighted by Crippen LogP contribution is 2.44. The molecule has 0 amide bonds. The first kappa shape index (κ1) is 26.7. The summed E-state index contributed by atoms with van der Waals surface area (Å²) in [6, 6.07) is 56.2. The lowest BCUT2D eigenvalue weighted by atomic mass is 10.1. The van der Waals surface area contributed by atoms with Crippen molar-refractivity contribution in [1.29, 1.82) is 0 Å². The third-order valence-electron chi connectivity index (χ3n) is 9.92.